The predicted molar refractivity (Wildman–Crippen MR) is 99.5 cm³/mol. The molecule has 0 aromatic heterocycles. The third-order valence-corrected chi connectivity index (χ3v) is 4.38. The number of benzene rings is 2. The Morgan fingerprint density at radius 1 is 0.821 bits per heavy atom. The summed E-state index contributed by atoms with van der Waals surface area (Å²) in [7, 11) is 0. The molecule has 1 aliphatic rings. The lowest BCUT2D eigenvalue weighted by atomic mass is 9.99. The molecule has 150 valence electrons. The number of hydrogen-bond donors (Lipinski definition) is 6. The van der Waals surface area contributed by atoms with Crippen LogP contribution in [-0.2, 0) is 4.74 Å². The molecular formula is C20H22O8. The van der Waals surface area contributed by atoms with Crippen molar-refractivity contribution in [1.82, 2.24) is 0 Å². The minimum atomic E-state index is -1.55. The molecule has 1 saturated heterocycles. The van der Waals surface area contributed by atoms with Crippen LogP contribution in [0.5, 0.6) is 17.2 Å². The summed E-state index contributed by atoms with van der Waals surface area (Å²) in [5, 5.41) is 58.2. The topological polar surface area (TPSA) is 140 Å². The third-order valence-electron chi connectivity index (χ3n) is 4.38. The molecule has 3 rings (SSSR count). The fourth-order valence-corrected chi connectivity index (χ4v) is 2.85. The summed E-state index contributed by atoms with van der Waals surface area (Å²) in [6.45, 7) is -0.564. The van der Waals surface area contributed by atoms with E-state index in [2.05, 4.69) is 0 Å². The van der Waals surface area contributed by atoms with Crippen LogP contribution in [-0.4, -0.2) is 68.0 Å². The first-order valence-corrected chi connectivity index (χ1v) is 8.65. The van der Waals surface area contributed by atoms with Crippen LogP contribution in [0.2, 0.25) is 0 Å². The zero-order chi connectivity index (χ0) is 20.3. The van der Waals surface area contributed by atoms with Gasteiger partial charge in [-0.3, -0.25) is 0 Å². The number of phenols is 2. The number of aliphatic hydroxyl groups excluding tert-OH is 4. The zero-order valence-corrected chi connectivity index (χ0v) is 14.8. The summed E-state index contributed by atoms with van der Waals surface area (Å²) in [6.07, 6.45) is -3.52. The van der Waals surface area contributed by atoms with Gasteiger partial charge in [-0.25, -0.2) is 0 Å². The Kier molecular flexibility index (Phi) is 6.18. The van der Waals surface area contributed by atoms with Crippen LogP contribution in [0.4, 0.5) is 0 Å². The molecule has 8 heteroatoms. The van der Waals surface area contributed by atoms with Crippen LogP contribution in [0.25, 0.3) is 12.2 Å². The number of hydrogen-bond acceptors (Lipinski definition) is 8. The summed E-state index contributed by atoms with van der Waals surface area (Å²) < 4.78 is 10.8. The van der Waals surface area contributed by atoms with Gasteiger partial charge in [-0.1, -0.05) is 24.3 Å². The highest BCUT2D eigenvalue weighted by atomic mass is 16.7. The van der Waals surface area contributed by atoms with Gasteiger partial charge in [0.15, 0.2) is 0 Å². The molecule has 8 nitrogen and oxygen atoms in total. The van der Waals surface area contributed by atoms with E-state index in [1.165, 1.54) is 12.1 Å². The lowest BCUT2D eigenvalue weighted by Crippen LogP contribution is -2.60. The number of rotatable bonds is 5. The Bertz CT molecular complexity index is 817. The molecule has 0 radical (unpaired) electrons. The molecule has 1 heterocycles. The number of aliphatic hydroxyl groups is 4. The Morgan fingerprint density at radius 3 is 2.18 bits per heavy atom. The SMILES string of the molecule is OC[C@@H]1O[C@@H](Oc2cc(O)cc(/C=C\c3ccc(O)cc3)c2)[C@@H](O)[C@H](O)[C@H]1O. The predicted octanol–water partition coefficient (Wildman–Crippen LogP) is 0.447. The number of aromatic hydroxyl groups is 2. The van der Waals surface area contributed by atoms with E-state index in [9.17, 15) is 30.6 Å². The van der Waals surface area contributed by atoms with Crippen molar-refractivity contribution >= 4 is 12.2 Å². The Hall–Kier alpha value is -2.62. The van der Waals surface area contributed by atoms with Crippen LogP contribution in [0.3, 0.4) is 0 Å². The third kappa shape index (κ3) is 4.61. The molecule has 0 amide bonds. The lowest BCUT2D eigenvalue weighted by Gasteiger charge is -2.39. The van der Waals surface area contributed by atoms with Crippen LogP contribution >= 0.6 is 0 Å². The minimum Gasteiger partial charge on any atom is -0.508 e. The summed E-state index contributed by atoms with van der Waals surface area (Å²) in [5.74, 6) is 0.229. The van der Waals surface area contributed by atoms with Gasteiger partial charge in [0, 0.05) is 6.07 Å². The summed E-state index contributed by atoms with van der Waals surface area (Å²) in [6, 6.07) is 10.9. The van der Waals surface area contributed by atoms with Crippen molar-refractivity contribution in [3.05, 3.63) is 53.6 Å². The van der Waals surface area contributed by atoms with E-state index < -0.39 is 37.3 Å². The molecular weight excluding hydrogens is 368 g/mol. The standard InChI is InChI=1S/C20H22O8/c21-10-16-17(24)18(25)19(26)20(28-16)27-15-8-12(7-14(23)9-15)2-1-11-3-5-13(22)6-4-11/h1-9,16-26H,10H2/b2-1-/t16-,17-,18+,19-,20+/m0/s1. The second-order valence-electron chi connectivity index (χ2n) is 6.50. The van der Waals surface area contributed by atoms with Crippen molar-refractivity contribution < 1.29 is 40.1 Å². The van der Waals surface area contributed by atoms with Crippen LogP contribution in [0, 0.1) is 0 Å². The maximum Gasteiger partial charge on any atom is 0.229 e. The molecule has 0 spiro atoms. The fraction of sp³-hybridized carbons (Fsp3) is 0.300. The quantitative estimate of drug-likeness (QED) is 0.405. The Labute approximate surface area is 161 Å². The molecule has 2 aromatic carbocycles. The van der Waals surface area contributed by atoms with E-state index in [1.807, 2.05) is 0 Å². The summed E-state index contributed by atoms with van der Waals surface area (Å²) >= 11 is 0. The minimum absolute atomic E-state index is 0.0903. The van der Waals surface area contributed by atoms with Crippen LogP contribution in [0.1, 0.15) is 11.1 Å². The first-order valence-electron chi connectivity index (χ1n) is 8.65. The van der Waals surface area contributed by atoms with E-state index >= 15 is 0 Å². The average molecular weight is 390 g/mol. The summed E-state index contributed by atoms with van der Waals surface area (Å²) in [4.78, 5) is 0. The van der Waals surface area contributed by atoms with Gasteiger partial charge >= 0.3 is 0 Å². The van der Waals surface area contributed by atoms with Crippen molar-refractivity contribution in [3.8, 4) is 17.2 Å². The normalized spacial score (nSPS) is 27.8. The van der Waals surface area contributed by atoms with E-state index in [1.54, 1.807) is 42.5 Å². The molecule has 2 aromatic rings. The maximum atomic E-state index is 10.1. The van der Waals surface area contributed by atoms with Crippen molar-refractivity contribution in [2.24, 2.45) is 0 Å². The molecule has 0 aliphatic carbocycles. The maximum absolute atomic E-state index is 10.1. The second kappa shape index (κ2) is 8.59. The van der Waals surface area contributed by atoms with Gasteiger partial charge in [-0.05, 0) is 35.4 Å². The Balaban J connectivity index is 1.76. The molecule has 6 N–H and O–H groups in total. The molecule has 0 unspecified atom stereocenters. The fourth-order valence-electron chi connectivity index (χ4n) is 2.85. The van der Waals surface area contributed by atoms with E-state index in [4.69, 9.17) is 9.47 Å². The van der Waals surface area contributed by atoms with Crippen molar-refractivity contribution in [2.45, 2.75) is 30.7 Å². The van der Waals surface area contributed by atoms with Gasteiger partial charge < -0.3 is 40.1 Å². The highest BCUT2D eigenvalue weighted by Crippen LogP contribution is 2.28. The van der Waals surface area contributed by atoms with Gasteiger partial charge in [0.2, 0.25) is 6.29 Å². The highest BCUT2D eigenvalue weighted by molar-refractivity contribution is 5.71. The second-order valence-corrected chi connectivity index (χ2v) is 6.50. The van der Waals surface area contributed by atoms with Gasteiger partial charge in [0.25, 0.3) is 0 Å². The molecule has 28 heavy (non-hydrogen) atoms. The van der Waals surface area contributed by atoms with Gasteiger partial charge in [-0.15, -0.1) is 0 Å². The smallest absolute Gasteiger partial charge is 0.229 e. The lowest BCUT2D eigenvalue weighted by molar-refractivity contribution is -0.277. The molecule has 0 bridgehead atoms. The van der Waals surface area contributed by atoms with Gasteiger partial charge in [0.05, 0.1) is 6.61 Å². The molecule has 5 atom stereocenters. The zero-order valence-electron chi connectivity index (χ0n) is 14.8. The van der Waals surface area contributed by atoms with Crippen LogP contribution in [0.15, 0.2) is 42.5 Å². The molecule has 1 aliphatic heterocycles. The monoisotopic (exact) mass is 390 g/mol. The molecule has 0 saturated carbocycles. The van der Waals surface area contributed by atoms with Crippen molar-refractivity contribution in [3.63, 3.8) is 0 Å². The largest absolute Gasteiger partial charge is 0.508 e. The average Bonchev–Trinajstić information content (AvgIpc) is 2.67. The van der Waals surface area contributed by atoms with E-state index in [-0.39, 0.29) is 17.2 Å². The van der Waals surface area contributed by atoms with E-state index in [0.29, 0.717) is 5.56 Å². The van der Waals surface area contributed by atoms with Gasteiger partial charge in [-0.2, -0.15) is 0 Å². The van der Waals surface area contributed by atoms with Crippen molar-refractivity contribution in [1.29, 1.82) is 0 Å². The Morgan fingerprint density at radius 2 is 1.50 bits per heavy atom. The van der Waals surface area contributed by atoms with Crippen molar-refractivity contribution in [2.75, 3.05) is 6.61 Å². The summed E-state index contributed by atoms with van der Waals surface area (Å²) in [5.41, 5.74) is 1.42. The number of phenolic OH excluding ortho intramolecular Hbond substituents is 2. The first kappa shape index (κ1) is 20.1. The highest BCUT2D eigenvalue weighted by Gasteiger charge is 2.44. The van der Waals surface area contributed by atoms with E-state index in [0.717, 1.165) is 5.56 Å². The first-order chi connectivity index (χ1) is 13.4. The van der Waals surface area contributed by atoms with Crippen LogP contribution < -0.4 is 4.74 Å². The molecule has 1 fully saturated rings. The van der Waals surface area contributed by atoms with Gasteiger partial charge in [0.1, 0.15) is 41.7 Å². The number of ether oxygens (including phenoxy) is 2.